The highest BCUT2D eigenvalue weighted by atomic mass is 19.1. The van der Waals surface area contributed by atoms with Gasteiger partial charge in [-0.15, -0.1) is 0 Å². The summed E-state index contributed by atoms with van der Waals surface area (Å²) in [6.07, 6.45) is 1.24. The van der Waals surface area contributed by atoms with E-state index in [-0.39, 0.29) is 0 Å². The van der Waals surface area contributed by atoms with Crippen LogP contribution in [0.3, 0.4) is 0 Å². The number of halogens is 1. The highest BCUT2D eigenvalue weighted by molar-refractivity contribution is 6.35. The van der Waals surface area contributed by atoms with Crippen molar-refractivity contribution in [3.05, 3.63) is 0 Å². The fraction of sp³-hybridized carbons (Fsp3) is 1.00. The third kappa shape index (κ3) is 4.50. The summed E-state index contributed by atoms with van der Waals surface area (Å²) in [5.41, 5.74) is 0. The molecule has 0 aromatic rings. The van der Waals surface area contributed by atoms with Gasteiger partial charge in [-0.3, -0.25) is 0 Å². The van der Waals surface area contributed by atoms with Crippen molar-refractivity contribution < 1.29 is 4.39 Å². The van der Waals surface area contributed by atoms with Gasteiger partial charge < -0.3 is 0 Å². The summed E-state index contributed by atoms with van der Waals surface area (Å²) in [6, 6.07) is 0. The van der Waals surface area contributed by atoms with Gasteiger partial charge in [-0.2, -0.15) is 0 Å². The van der Waals surface area contributed by atoms with Crippen LogP contribution in [-0.2, 0) is 0 Å². The lowest BCUT2D eigenvalue weighted by Crippen LogP contribution is -2.04. The molecule has 0 saturated heterocycles. The van der Waals surface area contributed by atoms with Crippen molar-refractivity contribution in [2.24, 2.45) is 0 Å². The SMILES string of the molecule is CBC(CC)CC(C)F. The first-order chi connectivity index (χ1) is 4.20. The Morgan fingerprint density at radius 3 is 2.22 bits per heavy atom. The molecule has 0 aromatic heterocycles. The molecular weight excluding hydrogens is 114 g/mol. The van der Waals surface area contributed by atoms with Crippen molar-refractivity contribution in [1.29, 1.82) is 0 Å². The van der Waals surface area contributed by atoms with Gasteiger partial charge in [-0.05, 0) is 13.3 Å². The van der Waals surface area contributed by atoms with Crippen LogP contribution in [0.25, 0.3) is 0 Å². The molecule has 0 aromatic carbocycles. The van der Waals surface area contributed by atoms with Gasteiger partial charge in [-0.25, -0.2) is 4.39 Å². The zero-order valence-electron chi connectivity index (χ0n) is 6.65. The van der Waals surface area contributed by atoms with Crippen LogP contribution < -0.4 is 0 Å². The molecule has 0 fully saturated rings. The Balaban J connectivity index is 3.31. The first kappa shape index (κ1) is 8.99. The molecule has 0 aliphatic carbocycles. The lowest BCUT2D eigenvalue weighted by Gasteiger charge is -2.10. The van der Waals surface area contributed by atoms with E-state index < -0.39 is 6.17 Å². The fourth-order valence-corrected chi connectivity index (χ4v) is 1.08. The molecule has 9 heavy (non-hydrogen) atoms. The van der Waals surface area contributed by atoms with E-state index in [4.69, 9.17) is 0 Å². The predicted octanol–water partition coefficient (Wildman–Crippen LogP) is 2.42. The molecule has 0 radical (unpaired) electrons. The first-order valence-corrected chi connectivity index (χ1v) is 3.84. The second-order valence-corrected chi connectivity index (χ2v) is 2.70. The highest BCUT2D eigenvalue weighted by Gasteiger charge is 2.08. The van der Waals surface area contributed by atoms with Crippen LogP contribution >= 0.6 is 0 Å². The van der Waals surface area contributed by atoms with Crippen LogP contribution in [0.15, 0.2) is 0 Å². The van der Waals surface area contributed by atoms with Gasteiger partial charge in [0.1, 0.15) is 7.28 Å². The van der Waals surface area contributed by atoms with E-state index in [1.165, 1.54) is 0 Å². The number of hydrogen-bond donors (Lipinski definition) is 0. The Morgan fingerprint density at radius 1 is 1.56 bits per heavy atom. The zero-order chi connectivity index (χ0) is 7.28. The summed E-state index contributed by atoms with van der Waals surface area (Å²) < 4.78 is 12.3. The molecule has 0 nitrogen and oxygen atoms in total. The van der Waals surface area contributed by atoms with Crippen molar-refractivity contribution in [1.82, 2.24) is 0 Å². The summed E-state index contributed by atoms with van der Waals surface area (Å²) in [5, 5.41) is 0. The molecule has 2 unspecified atom stereocenters. The lowest BCUT2D eigenvalue weighted by molar-refractivity contribution is 0.333. The Hall–Kier alpha value is -0.00506. The highest BCUT2D eigenvalue weighted by Crippen LogP contribution is 2.17. The molecule has 0 N–H and O–H groups in total. The Labute approximate surface area is 58.1 Å². The second-order valence-electron chi connectivity index (χ2n) is 2.70. The van der Waals surface area contributed by atoms with Gasteiger partial charge in [0.25, 0.3) is 0 Å². The van der Waals surface area contributed by atoms with E-state index in [2.05, 4.69) is 13.7 Å². The summed E-state index contributed by atoms with van der Waals surface area (Å²) in [5.74, 6) is 0.602. The smallest absolute Gasteiger partial charge is 0.121 e. The largest absolute Gasteiger partial charge is 0.248 e. The minimum absolute atomic E-state index is 0.602. The Bertz CT molecular complexity index is 59.9. The number of alkyl halides is 1. The van der Waals surface area contributed by atoms with Crippen LogP contribution in [0.4, 0.5) is 4.39 Å². The average Bonchev–Trinajstić information content (AvgIpc) is 1.82. The van der Waals surface area contributed by atoms with E-state index in [0.717, 1.165) is 20.1 Å². The quantitative estimate of drug-likeness (QED) is 0.512. The summed E-state index contributed by atoms with van der Waals surface area (Å²) in [4.78, 5) is 0. The van der Waals surface area contributed by atoms with Crippen LogP contribution in [0.5, 0.6) is 0 Å². The average molecular weight is 130 g/mol. The van der Waals surface area contributed by atoms with E-state index >= 15 is 0 Å². The zero-order valence-corrected chi connectivity index (χ0v) is 6.65. The van der Waals surface area contributed by atoms with E-state index in [9.17, 15) is 4.39 Å². The molecule has 2 heteroatoms. The maximum Gasteiger partial charge on any atom is 0.121 e. The van der Waals surface area contributed by atoms with Gasteiger partial charge in [0.2, 0.25) is 0 Å². The summed E-state index contributed by atoms with van der Waals surface area (Å²) in [7, 11) is 1.12. The maximum atomic E-state index is 12.3. The molecule has 0 rings (SSSR count). The lowest BCUT2D eigenvalue weighted by atomic mass is 9.64. The molecule has 0 saturated carbocycles. The molecule has 0 aliphatic heterocycles. The molecule has 0 amide bonds. The topological polar surface area (TPSA) is 0 Å². The van der Waals surface area contributed by atoms with Crippen molar-refractivity contribution in [3.63, 3.8) is 0 Å². The Morgan fingerprint density at radius 2 is 2.11 bits per heavy atom. The van der Waals surface area contributed by atoms with Crippen molar-refractivity contribution in [2.45, 2.75) is 45.5 Å². The second kappa shape index (κ2) is 4.83. The van der Waals surface area contributed by atoms with Crippen LogP contribution in [0.1, 0.15) is 26.7 Å². The molecule has 0 heterocycles. The summed E-state index contributed by atoms with van der Waals surface area (Å²) in [6.45, 7) is 5.88. The maximum absolute atomic E-state index is 12.3. The van der Waals surface area contributed by atoms with Gasteiger partial charge in [0, 0.05) is 0 Å². The summed E-state index contributed by atoms with van der Waals surface area (Å²) >= 11 is 0. The van der Waals surface area contributed by atoms with Crippen LogP contribution in [0.2, 0.25) is 12.6 Å². The van der Waals surface area contributed by atoms with Crippen LogP contribution in [-0.4, -0.2) is 13.5 Å². The Kier molecular flexibility index (Phi) is 4.83. The molecule has 0 aliphatic rings. The standard InChI is InChI=1S/C7H16BF/c1-4-7(8-3)5-6(2)9/h6-8H,4-5H2,1-3H3. The fourth-order valence-electron chi connectivity index (χ4n) is 1.08. The van der Waals surface area contributed by atoms with Crippen LogP contribution in [0, 0.1) is 0 Å². The van der Waals surface area contributed by atoms with E-state index in [0.29, 0.717) is 5.82 Å². The van der Waals surface area contributed by atoms with Gasteiger partial charge in [0.05, 0.1) is 6.17 Å². The minimum Gasteiger partial charge on any atom is -0.248 e. The van der Waals surface area contributed by atoms with E-state index in [1.54, 1.807) is 6.92 Å². The number of hydrogen-bond acceptors (Lipinski definition) is 0. The third-order valence-electron chi connectivity index (χ3n) is 1.81. The van der Waals surface area contributed by atoms with Gasteiger partial charge in [-0.1, -0.05) is 26.0 Å². The normalized spacial score (nSPS) is 16.9. The molecular formula is C7H16BF. The molecule has 2 atom stereocenters. The van der Waals surface area contributed by atoms with Gasteiger partial charge in [0.15, 0.2) is 0 Å². The molecule has 54 valence electrons. The minimum atomic E-state index is -0.616. The van der Waals surface area contributed by atoms with Crippen molar-refractivity contribution >= 4 is 7.28 Å². The third-order valence-corrected chi connectivity index (χ3v) is 1.81. The predicted molar refractivity (Wildman–Crippen MR) is 42.2 cm³/mol. The van der Waals surface area contributed by atoms with Gasteiger partial charge >= 0.3 is 0 Å². The van der Waals surface area contributed by atoms with E-state index in [1.807, 2.05) is 0 Å². The molecule has 0 bridgehead atoms. The number of rotatable bonds is 4. The van der Waals surface area contributed by atoms with Crippen molar-refractivity contribution in [3.8, 4) is 0 Å². The monoisotopic (exact) mass is 130 g/mol. The van der Waals surface area contributed by atoms with Crippen molar-refractivity contribution in [2.75, 3.05) is 0 Å². The first-order valence-electron chi connectivity index (χ1n) is 3.84. The molecule has 0 spiro atoms.